The lowest BCUT2D eigenvalue weighted by atomic mass is 9.75. The van der Waals surface area contributed by atoms with Crippen LogP contribution in [0.2, 0.25) is 5.02 Å². The molecule has 52 heavy (non-hydrogen) atoms. The van der Waals surface area contributed by atoms with Crippen LogP contribution >= 0.6 is 11.6 Å². The fraction of sp³-hybridized carbons (Fsp3) is 0.412. The molecule has 6 rings (SSSR count). The molecule has 0 radical (unpaired) electrons. The van der Waals surface area contributed by atoms with Crippen molar-refractivity contribution in [3.8, 4) is 16.8 Å². The number of alkyl halides is 6. The standard InChI is InChI=1S/C34H33ClF6N8O3/c1-32(2,3)16-33(21-7-4-18(5-8-21)20-13-44-47(14-20)30(38)39)29(51)48(31(42)46-33)25(15-52-26(50)11-22-12-34(22,40)41)19-6-9-23(35)24(10-19)49-28(27(36)37)43-17-45-49/h4-10,13-14,17,22,25,27,30H,11-12,15-16H2,1-3H3,(H2,42,46)/t22-,25+,33+/m0/s1. The number of amides is 1. The van der Waals surface area contributed by atoms with Gasteiger partial charge in [0.2, 0.25) is 0 Å². The first kappa shape index (κ1) is 36.8. The van der Waals surface area contributed by atoms with Gasteiger partial charge in [0.1, 0.15) is 12.9 Å². The van der Waals surface area contributed by atoms with Crippen LogP contribution in [0.25, 0.3) is 16.8 Å². The molecule has 0 unspecified atom stereocenters. The van der Waals surface area contributed by atoms with Crippen molar-refractivity contribution >= 4 is 29.4 Å². The van der Waals surface area contributed by atoms with E-state index in [9.17, 15) is 35.9 Å². The lowest BCUT2D eigenvalue weighted by Crippen LogP contribution is -2.47. The lowest BCUT2D eigenvalue weighted by molar-refractivity contribution is -0.148. The molecule has 18 heteroatoms. The van der Waals surface area contributed by atoms with Crippen molar-refractivity contribution in [3.63, 3.8) is 0 Å². The first-order valence-electron chi connectivity index (χ1n) is 16.0. The van der Waals surface area contributed by atoms with Gasteiger partial charge in [-0.2, -0.15) is 19.0 Å². The van der Waals surface area contributed by atoms with Crippen LogP contribution in [0.1, 0.15) is 76.0 Å². The number of esters is 1. The van der Waals surface area contributed by atoms with E-state index in [-0.39, 0.29) is 28.7 Å². The third kappa shape index (κ3) is 7.22. The second-order valence-electron chi connectivity index (χ2n) is 13.9. The summed E-state index contributed by atoms with van der Waals surface area (Å²) in [6.45, 7) is 2.27. The van der Waals surface area contributed by atoms with Crippen LogP contribution in [0.5, 0.6) is 0 Å². The van der Waals surface area contributed by atoms with E-state index in [4.69, 9.17) is 27.1 Å². The van der Waals surface area contributed by atoms with Gasteiger partial charge < -0.3 is 10.5 Å². The third-order valence-electron chi connectivity index (χ3n) is 8.84. The molecule has 11 nitrogen and oxygen atoms in total. The molecule has 4 aromatic rings. The number of hydrogen-bond acceptors (Lipinski definition) is 8. The average Bonchev–Trinajstić information content (AvgIpc) is 3.53. The summed E-state index contributed by atoms with van der Waals surface area (Å²) >= 11 is 6.42. The quantitative estimate of drug-likeness (QED) is 0.119. The van der Waals surface area contributed by atoms with E-state index >= 15 is 0 Å². The Morgan fingerprint density at radius 1 is 1.08 bits per heavy atom. The van der Waals surface area contributed by atoms with Crippen molar-refractivity contribution < 1.29 is 40.7 Å². The van der Waals surface area contributed by atoms with Crippen LogP contribution in [-0.4, -0.2) is 59.8 Å². The van der Waals surface area contributed by atoms with Gasteiger partial charge in [-0.25, -0.2) is 36.9 Å². The lowest BCUT2D eigenvalue weighted by Gasteiger charge is -2.35. The van der Waals surface area contributed by atoms with Crippen molar-refractivity contribution in [2.24, 2.45) is 22.1 Å². The molecule has 1 aliphatic carbocycles. The van der Waals surface area contributed by atoms with Gasteiger partial charge in [0, 0.05) is 24.1 Å². The zero-order valence-electron chi connectivity index (χ0n) is 28.0. The topological polar surface area (TPSA) is 134 Å². The van der Waals surface area contributed by atoms with E-state index in [2.05, 4.69) is 15.2 Å². The number of guanidine groups is 1. The molecule has 2 aromatic carbocycles. The van der Waals surface area contributed by atoms with E-state index in [0.717, 1.165) is 15.9 Å². The molecule has 2 N–H and O–H groups in total. The number of carbonyl (C=O) groups excluding carboxylic acids is 2. The molecule has 1 aliphatic heterocycles. The van der Waals surface area contributed by atoms with Crippen molar-refractivity contribution in [1.29, 1.82) is 0 Å². The Morgan fingerprint density at radius 3 is 2.37 bits per heavy atom. The van der Waals surface area contributed by atoms with E-state index in [1.165, 1.54) is 30.6 Å². The minimum atomic E-state index is -3.02. The fourth-order valence-corrected chi connectivity index (χ4v) is 6.53. The normalized spacial score (nSPS) is 20.5. The molecule has 0 spiro atoms. The van der Waals surface area contributed by atoms with Gasteiger partial charge in [0.15, 0.2) is 17.3 Å². The summed E-state index contributed by atoms with van der Waals surface area (Å²) in [6, 6.07) is 9.47. The summed E-state index contributed by atoms with van der Waals surface area (Å²) in [6.07, 6.45) is -0.519. The molecule has 2 aliphatic rings. The molecule has 0 saturated heterocycles. The molecule has 2 aromatic heterocycles. The minimum Gasteiger partial charge on any atom is -0.463 e. The minimum absolute atomic E-state index is 0.00138. The van der Waals surface area contributed by atoms with Gasteiger partial charge in [-0.3, -0.25) is 14.5 Å². The molecule has 0 bridgehead atoms. The summed E-state index contributed by atoms with van der Waals surface area (Å²) in [4.78, 5) is 37.0. The van der Waals surface area contributed by atoms with Crippen molar-refractivity contribution in [2.45, 2.75) is 70.5 Å². The number of aromatic nitrogens is 5. The van der Waals surface area contributed by atoms with Crippen molar-refractivity contribution in [2.75, 3.05) is 6.61 Å². The smallest absolute Gasteiger partial charge is 0.333 e. The third-order valence-corrected chi connectivity index (χ3v) is 9.16. The first-order valence-corrected chi connectivity index (χ1v) is 16.4. The number of carbonyl (C=O) groups is 2. The Bertz CT molecular complexity index is 2010. The molecular weight excluding hydrogens is 718 g/mol. The van der Waals surface area contributed by atoms with Gasteiger partial charge in [-0.05, 0) is 40.7 Å². The van der Waals surface area contributed by atoms with Gasteiger partial charge in [0.05, 0.1) is 29.4 Å². The molecule has 1 saturated carbocycles. The van der Waals surface area contributed by atoms with Crippen LogP contribution in [0.4, 0.5) is 26.3 Å². The maximum atomic E-state index is 14.8. The molecular formula is C34H33ClF6N8O3. The number of ether oxygens (including phenoxy) is 1. The summed E-state index contributed by atoms with van der Waals surface area (Å²) in [5.41, 5.74) is 5.91. The van der Waals surface area contributed by atoms with Crippen molar-refractivity contribution in [3.05, 3.63) is 83.2 Å². The van der Waals surface area contributed by atoms with E-state index in [1.807, 2.05) is 20.8 Å². The Kier molecular flexibility index (Phi) is 9.61. The highest BCUT2D eigenvalue weighted by molar-refractivity contribution is 6.32. The van der Waals surface area contributed by atoms with Crippen molar-refractivity contribution in [1.82, 2.24) is 29.4 Å². The van der Waals surface area contributed by atoms with Gasteiger partial charge >= 0.3 is 12.5 Å². The van der Waals surface area contributed by atoms with Crippen LogP contribution in [0.3, 0.4) is 0 Å². The van der Waals surface area contributed by atoms with Gasteiger partial charge in [-0.15, -0.1) is 0 Å². The SMILES string of the molecule is CC(C)(C)C[C@]1(c2ccc(-c3cnn(C(F)F)c3)cc2)N=C(N)N([C@H](COC(=O)C[C@H]2CC2(F)F)c2ccc(Cl)c(-n3ncnc3C(F)F)c2)C1=O. The number of halogens is 7. The van der Waals surface area contributed by atoms with Crippen LogP contribution in [0, 0.1) is 11.3 Å². The zero-order valence-corrected chi connectivity index (χ0v) is 28.7. The number of aliphatic imine (C=N–C) groups is 1. The van der Waals surface area contributed by atoms with E-state index < -0.39 is 79.0 Å². The van der Waals surface area contributed by atoms with E-state index in [1.54, 1.807) is 24.3 Å². The maximum absolute atomic E-state index is 14.8. The van der Waals surface area contributed by atoms with Crippen LogP contribution < -0.4 is 5.73 Å². The second kappa shape index (κ2) is 13.6. The Morgan fingerprint density at radius 2 is 1.77 bits per heavy atom. The maximum Gasteiger partial charge on any atom is 0.333 e. The highest BCUT2D eigenvalue weighted by atomic mass is 35.5. The Hall–Kier alpha value is -4.93. The van der Waals surface area contributed by atoms with E-state index in [0.29, 0.717) is 21.4 Å². The summed E-state index contributed by atoms with van der Waals surface area (Å²) in [5.74, 6) is -6.69. The summed E-state index contributed by atoms with van der Waals surface area (Å²) < 4.78 is 87.9. The summed E-state index contributed by atoms with van der Waals surface area (Å²) in [7, 11) is 0. The number of nitrogens with zero attached hydrogens (tertiary/aromatic N) is 7. The number of hydrogen-bond donors (Lipinski definition) is 1. The molecule has 3 atom stereocenters. The molecule has 1 fully saturated rings. The summed E-state index contributed by atoms with van der Waals surface area (Å²) in [5, 5.41) is 7.55. The average molecular weight is 751 g/mol. The number of rotatable bonds is 12. The predicted octanol–water partition coefficient (Wildman–Crippen LogP) is 7.24. The van der Waals surface area contributed by atoms with Gasteiger partial charge in [-0.1, -0.05) is 62.7 Å². The monoisotopic (exact) mass is 750 g/mol. The molecule has 276 valence electrons. The number of benzene rings is 2. The molecule has 1 amide bonds. The predicted molar refractivity (Wildman–Crippen MR) is 176 cm³/mol. The highest BCUT2D eigenvalue weighted by Crippen LogP contribution is 2.51. The van der Waals surface area contributed by atoms with Gasteiger partial charge in [0.25, 0.3) is 18.3 Å². The highest BCUT2D eigenvalue weighted by Gasteiger charge is 2.58. The largest absolute Gasteiger partial charge is 0.463 e. The first-order chi connectivity index (χ1) is 24.4. The Balaban J connectivity index is 1.39. The zero-order chi connectivity index (χ0) is 37.7. The van der Waals surface area contributed by atoms with Crippen LogP contribution in [0.15, 0.2) is 66.2 Å². The fourth-order valence-electron chi connectivity index (χ4n) is 6.33. The second-order valence-corrected chi connectivity index (χ2v) is 14.3. The number of nitrogens with two attached hydrogens (primary N) is 1. The Labute approximate surface area is 298 Å². The van der Waals surface area contributed by atoms with Crippen LogP contribution in [-0.2, 0) is 19.9 Å². The molecule has 3 heterocycles.